The van der Waals surface area contributed by atoms with Crippen LogP contribution in [-0.4, -0.2) is 23.7 Å². The van der Waals surface area contributed by atoms with Gasteiger partial charge in [0.15, 0.2) is 0 Å². The monoisotopic (exact) mass is 259 g/mol. The highest BCUT2D eigenvalue weighted by atomic mass is 16.4. The minimum absolute atomic E-state index is 0.312. The van der Waals surface area contributed by atoms with Gasteiger partial charge < -0.3 is 10.4 Å². The predicted molar refractivity (Wildman–Crippen MR) is 73.9 cm³/mol. The van der Waals surface area contributed by atoms with Gasteiger partial charge in [-0.1, -0.05) is 36.8 Å². The van der Waals surface area contributed by atoms with Crippen LogP contribution in [-0.2, 0) is 11.2 Å². The number of nitrogens with one attached hydrogen (secondary N) is 1. The second-order valence-electron chi connectivity index (χ2n) is 5.94. The Kier molecular flexibility index (Phi) is 3.56. The van der Waals surface area contributed by atoms with Crippen molar-refractivity contribution >= 4 is 5.97 Å². The molecule has 1 saturated carbocycles. The Morgan fingerprint density at radius 3 is 2.79 bits per heavy atom. The Morgan fingerprint density at radius 2 is 2.05 bits per heavy atom. The van der Waals surface area contributed by atoms with Crippen LogP contribution in [0.1, 0.15) is 24.8 Å². The topological polar surface area (TPSA) is 49.3 Å². The fourth-order valence-electron chi connectivity index (χ4n) is 4.02. The number of fused-ring (bicyclic) bond motifs is 1. The summed E-state index contributed by atoms with van der Waals surface area (Å²) in [6, 6.07) is 10.1. The Labute approximate surface area is 114 Å². The van der Waals surface area contributed by atoms with Crippen molar-refractivity contribution in [1.82, 2.24) is 5.32 Å². The van der Waals surface area contributed by atoms with Crippen molar-refractivity contribution in [2.75, 3.05) is 6.54 Å². The lowest BCUT2D eigenvalue weighted by Crippen LogP contribution is -2.41. The minimum atomic E-state index is -0.674. The van der Waals surface area contributed by atoms with Crippen LogP contribution >= 0.6 is 0 Å². The predicted octanol–water partition coefficient (Wildman–Crippen LogP) is 2.32. The number of hydrogen-bond donors (Lipinski definition) is 2. The normalized spacial score (nSPS) is 33.9. The summed E-state index contributed by atoms with van der Waals surface area (Å²) in [6.07, 6.45) is 4.62. The summed E-state index contributed by atoms with van der Waals surface area (Å²) < 4.78 is 0. The van der Waals surface area contributed by atoms with E-state index in [0.29, 0.717) is 17.8 Å². The van der Waals surface area contributed by atoms with E-state index in [1.54, 1.807) is 0 Å². The Hall–Kier alpha value is -1.35. The van der Waals surface area contributed by atoms with Crippen molar-refractivity contribution < 1.29 is 9.90 Å². The van der Waals surface area contributed by atoms with Crippen molar-refractivity contribution in [1.29, 1.82) is 0 Å². The number of hydrogen-bond acceptors (Lipinski definition) is 2. The van der Waals surface area contributed by atoms with Gasteiger partial charge in [-0.05, 0) is 49.1 Å². The average Bonchev–Trinajstić information content (AvgIpc) is 2.85. The van der Waals surface area contributed by atoms with Gasteiger partial charge in [0.05, 0.1) is 0 Å². The number of carboxylic acids is 1. The first-order valence-corrected chi connectivity index (χ1v) is 7.26. The lowest BCUT2D eigenvalue weighted by molar-refractivity contribution is -0.141. The number of rotatable bonds is 3. The standard InChI is InChI=1S/C16H21NO2/c18-16(19)15-14-12(7-4-8-13(14)10-17-15)9-11-5-2-1-3-6-11/h1-3,5-6,12-15,17H,4,7-10H2,(H,18,19). The fourth-order valence-corrected chi connectivity index (χ4v) is 4.02. The summed E-state index contributed by atoms with van der Waals surface area (Å²) in [7, 11) is 0. The molecule has 0 radical (unpaired) electrons. The van der Waals surface area contributed by atoms with Crippen LogP contribution < -0.4 is 5.32 Å². The molecule has 1 aliphatic carbocycles. The third-order valence-electron chi connectivity index (χ3n) is 4.83. The molecular formula is C16H21NO2. The van der Waals surface area contributed by atoms with Gasteiger partial charge in [0.1, 0.15) is 6.04 Å². The highest BCUT2D eigenvalue weighted by molar-refractivity contribution is 5.74. The zero-order chi connectivity index (χ0) is 13.2. The molecule has 2 N–H and O–H groups in total. The molecule has 0 aromatic heterocycles. The van der Waals surface area contributed by atoms with E-state index in [1.807, 2.05) is 6.07 Å². The molecule has 0 spiro atoms. The van der Waals surface area contributed by atoms with E-state index in [9.17, 15) is 9.90 Å². The molecule has 4 atom stereocenters. The minimum Gasteiger partial charge on any atom is -0.480 e. The lowest BCUT2D eigenvalue weighted by Gasteiger charge is -2.35. The van der Waals surface area contributed by atoms with Gasteiger partial charge in [-0.2, -0.15) is 0 Å². The van der Waals surface area contributed by atoms with Gasteiger partial charge in [0, 0.05) is 0 Å². The summed E-state index contributed by atoms with van der Waals surface area (Å²) in [5, 5.41) is 12.6. The molecule has 19 heavy (non-hydrogen) atoms. The first-order valence-electron chi connectivity index (χ1n) is 7.26. The summed E-state index contributed by atoms with van der Waals surface area (Å²) in [5.74, 6) is 0.708. The van der Waals surface area contributed by atoms with Crippen molar-refractivity contribution in [3.05, 3.63) is 35.9 Å². The maximum atomic E-state index is 11.4. The first-order chi connectivity index (χ1) is 9.25. The van der Waals surface area contributed by atoms with Gasteiger partial charge in [-0.25, -0.2) is 0 Å². The third-order valence-corrected chi connectivity index (χ3v) is 4.83. The molecule has 102 valence electrons. The molecular weight excluding hydrogens is 238 g/mol. The SMILES string of the molecule is O=C(O)C1NCC2CCCC(Cc3ccccc3)C21. The molecule has 1 aromatic carbocycles. The van der Waals surface area contributed by atoms with Crippen LogP contribution in [0.4, 0.5) is 0 Å². The maximum absolute atomic E-state index is 11.4. The molecule has 2 aliphatic rings. The van der Waals surface area contributed by atoms with Crippen LogP contribution in [0.3, 0.4) is 0 Å². The fraction of sp³-hybridized carbons (Fsp3) is 0.562. The van der Waals surface area contributed by atoms with Crippen LogP contribution in [0.2, 0.25) is 0 Å². The van der Waals surface area contributed by atoms with Crippen LogP contribution in [0.25, 0.3) is 0 Å². The number of carboxylic acid groups (broad SMARTS) is 1. The van der Waals surface area contributed by atoms with E-state index in [-0.39, 0.29) is 6.04 Å². The molecule has 0 bridgehead atoms. The van der Waals surface area contributed by atoms with E-state index >= 15 is 0 Å². The summed E-state index contributed by atoms with van der Waals surface area (Å²) in [4.78, 5) is 11.4. The van der Waals surface area contributed by atoms with Crippen molar-refractivity contribution in [3.8, 4) is 0 Å². The highest BCUT2D eigenvalue weighted by Gasteiger charge is 2.45. The van der Waals surface area contributed by atoms with Crippen LogP contribution in [0.5, 0.6) is 0 Å². The molecule has 3 nitrogen and oxygen atoms in total. The lowest BCUT2D eigenvalue weighted by atomic mass is 9.69. The molecule has 1 saturated heterocycles. The summed E-state index contributed by atoms with van der Waals surface area (Å²) in [5.41, 5.74) is 1.34. The molecule has 0 amide bonds. The van der Waals surface area contributed by atoms with Crippen molar-refractivity contribution in [3.63, 3.8) is 0 Å². The molecule has 4 unspecified atom stereocenters. The molecule has 1 heterocycles. The van der Waals surface area contributed by atoms with Gasteiger partial charge in [-0.3, -0.25) is 4.79 Å². The third kappa shape index (κ3) is 2.52. The van der Waals surface area contributed by atoms with Gasteiger partial charge >= 0.3 is 5.97 Å². The summed E-state index contributed by atoms with van der Waals surface area (Å²) >= 11 is 0. The highest BCUT2D eigenvalue weighted by Crippen LogP contribution is 2.41. The Balaban J connectivity index is 1.77. The van der Waals surface area contributed by atoms with E-state index in [0.717, 1.165) is 13.0 Å². The maximum Gasteiger partial charge on any atom is 0.321 e. The Morgan fingerprint density at radius 1 is 1.26 bits per heavy atom. The second kappa shape index (κ2) is 5.33. The number of carbonyl (C=O) groups is 1. The molecule has 1 aliphatic heterocycles. The average molecular weight is 259 g/mol. The van der Waals surface area contributed by atoms with Crippen molar-refractivity contribution in [2.24, 2.45) is 17.8 Å². The quantitative estimate of drug-likeness (QED) is 0.876. The smallest absolute Gasteiger partial charge is 0.321 e. The summed E-state index contributed by atoms with van der Waals surface area (Å²) in [6.45, 7) is 0.882. The van der Waals surface area contributed by atoms with Crippen molar-refractivity contribution in [2.45, 2.75) is 31.7 Å². The Bertz CT molecular complexity index is 445. The molecule has 3 heteroatoms. The van der Waals surface area contributed by atoms with Crippen LogP contribution in [0.15, 0.2) is 30.3 Å². The van der Waals surface area contributed by atoms with Crippen LogP contribution in [0, 0.1) is 17.8 Å². The van der Waals surface area contributed by atoms with E-state index in [1.165, 1.54) is 24.8 Å². The van der Waals surface area contributed by atoms with Gasteiger partial charge in [-0.15, -0.1) is 0 Å². The zero-order valence-electron chi connectivity index (χ0n) is 11.1. The van der Waals surface area contributed by atoms with E-state index in [4.69, 9.17) is 0 Å². The second-order valence-corrected chi connectivity index (χ2v) is 5.94. The molecule has 1 aromatic rings. The first kappa shape index (κ1) is 12.7. The van der Waals surface area contributed by atoms with Gasteiger partial charge in [0.2, 0.25) is 0 Å². The van der Waals surface area contributed by atoms with Gasteiger partial charge in [0.25, 0.3) is 0 Å². The largest absolute Gasteiger partial charge is 0.480 e. The van der Waals surface area contributed by atoms with E-state index in [2.05, 4.69) is 29.6 Å². The number of aliphatic carboxylic acids is 1. The molecule has 2 fully saturated rings. The molecule has 3 rings (SSSR count). The number of benzene rings is 1. The van der Waals surface area contributed by atoms with E-state index < -0.39 is 5.97 Å². The zero-order valence-corrected chi connectivity index (χ0v) is 11.1.